The molecule has 2 aromatic rings. The van der Waals surface area contributed by atoms with E-state index < -0.39 is 0 Å². The molecule has 7 heteroatoms. The maximum atomic E-state index is 13.8. The second kappa shape index (κ2) is 7.44. The Kier molecular flexibility index (Phi) is 5.10. The van der Waals surface area contributed by atoms with Gasteiger partial charge in [0.2, 0.25) is 5.91 Å². The molecule has 1 aliphatic rings. The van der Waals surface area contributed by atoms with Crippen molar-refractivity contribution in [2.45, 2.75) is 0 Å². The van der Waals surface area contributed by atoms with Gasteiger partial charge in [-0.15, -0.1) is 11.3 Å². The second-order valence-corrected chi connectivity index (χ2v) is 6.43. The van der Waals surface area contributed by atoms with E-state index in [1.165, 1.54) is 17.4 Å². The Morgan fingerprint density at radius 1 is 1.08 bits per heavy atom. The highest BCUT2D eigenvalue weighted by atomic mass is 32.1. The standard InChI is InChI=1S/C17H18FN3O2S/c18-13-4-1-2-5-14(13)20-7-9-21(10-8-20)16(22)12-19-17(23)15-6-3-11-24-15/h1-6,11H,7-10,12H2,(H,19,23). The van der Waals surface area contributed by atoms with Gasteiger partial charge in [0.15, 0.2) is 0 Å². The lowest BCUT2D eigenvalue weighted by Gasteiger charge is -2.36. The molecule has 3 rings (SSSR count). The molecule has 0 aliphatic carbocycles. The van der Waals surface area contributed by atoms with Gasteiger partial charge in [0, 0.05) is 26.2 Å². The fourth-order valence-electron chi connectivity index (χ4n) is 2.67. The van der Waals surface area contributed by atoms with Crippen LogP contribution in [-0.4, -0.2) is 49.4 Å². The van der Waals surface area contributed by atoms with E-state index in [9.17, 15) is 14.0 Å². The Bertz CT molecular complexity index is 712. The van der Waals surface area contributed by atoms with E-state index >= 15 is 0 Å². The number of nitrogens with one attached hydrogen (secondary N) is 1. The maximum Gasteiger partial charge on any atom is 0.261 e. The monoisotopic (exact) mass is 347 g/mol. The van der Waals surface area contributed by atoms with Gasteiger partial charge in [0.1, 0.15) is 5.82 Å². The normalized spacial score (nSPS) is 14.5. The fraction of sp³-hybridized carbons (Fsp3) is 0.294. The van der Waals surface area contributed by atoms with Crippen LogP contribution in [0.5, 0.6) is 0 Å². The van der Waals surface area contributed by atoms with Crippen LogP contribution in [0.3, 0.4) is 0 Å². The third-order valence-electron chi connectivity index (χ3n) is 3.97. The van der Waals surface area contributed by atoms with Crippen molar-refractivity contribution in [1.82, 2.24) is 10.2 Å². The lowest BCUT2D eigenvalue weighted by atomic mass is 10.2. The molecule has 1 fully saturated rings. The van der Waals surface area contributed by atoms with Crippen LogP contribution >= 0.6 is 11.3 Å². The summed E-state index contributed by atoms with van der Waals surface area (Å²) in [6.45, 7) is 2.16. The minimum Gasteiger partial charge on any atom is -0.366 e. The number of halogens is 1. The molecule has 1 aromatic carbocycles. The number of amides is 2. The van der Waals surface area contributed by atoms with E-state index in [2.05, 4.69) is 5.32 Å². The second-order valence-electron chi connectivity index (χ2n) is 5.48. The van der Waals surface area contributed by atoms with Gasteiger partial charge in [0.05, 0.1) is 17.1 Å². The van der Waals surface area contributed by atoms with E-state index in [4.69, 9.17) is 0 Å². The highest BCUT2D eigenvalue weighted by Crippen LogP contribution is 2.20. The zero-order valence-electron chi connectivity index (χ0n) is 13.1. The van der Waals surface area contributed by atoms with Gasteiger partial charge in [-0.3, -0.25) is 9.59 Å². The number of carbonyl (C=O) groups excluding carboxylic acids is 2. The summed E-state index contributed by atoms with van der Waals surface area (Å²) in [5.41, 5.74) is 0.565. The first kappa shape index (κ1) is 16.4. The number of anilines is 1. The van der Waals surface area contributed by atoms with E-state index in [1.807, 2.05) is 10.3 Å². The molecule has 126 valence electrons. The topological polar surface area (TPSA) is 52.7 Å². The van der Waals surface area contributed by atoms with Crippen LogP contribution in [0, 0.1) is 5.82 Å². The molecule has 0 saturated carbocycles. The van der Waals surface area contributed by atoms with Gasteiger partial charge in [-0.05, 0) is 23.6 Å². The number of benzene rings is 1. The molecule has 0 atom stereocenters. The summed E-state index contributed by atoms with van der Waals surface area (Å²) in [6, 6.07) is 10.2. The van der Waals surface area contributed by atoms with E-state index in [0.29, 0.717) is 36.7 Å². The average Bonchev–Trinajstić information content (AvgIpc) is 3.15. The molecule has 1 saturated heterocycles. The quantitative estimate of drug-likeness (QED) is 0.920. The third kappa shape index (κ3) is 3.73. The van der Waals surface area contributed by atoms with Crippen molar-refractivity contribution >= 4 is 28.8 Å². The Labute approximate surface area is 143 Å². The number of piperazine rings is 1. The number of para-hydroxylation sites is 1. The van der Waals surface area contributed by atoms with Gasteiger partial charge >= 0.3 is 0 Å². The third-order valence-corrected chi connectivity index (χ3v) is 4.84. The smallest absolute Gasteiger partial charge is 0.261 e. The molecule has 1 N–H and O–H groups in total. The summed E-state index contributed by atoms with van der Waals surface area (Å²) in [5.74, 6) is -0.600. The summed E-state index contributed by atoms with van der Waals surface area (Å²) < 4.78 is 13.8. The van der Waals surface area contributed by atoms with Gasteiger partial charge in [-0.2, -0.15) is 0 Å². The van der Waals surface area contributed by atoms with Gasteiger partial charge in [-0.25, -0.2) is 4.39 Å². The van der Waals surface area contributed by atoms with Crippen molar-refractivity contribution in [3.8, 4) is 0 Å². The molecule has 0 radical (unpaired) electrons. The van der Waals surface area contributed by atoms with Crippen molar-refractivity contribution < 1.29 is 14.0 Å². The first-order chi connectivity index (χ1) is 11.6. The fourth-order valence-corrected chi connectivity index (χ4v) is 3.31. The minimum atomic E-state index is -0.250. The highest BCUT2D eigenvalue weighted by Gasteiger charge is 2.23. The first-order valence-corrected chi connectivity index (χ1v) is 8.62. The predicted molar refractivity (Wildman–Crippen MR) is 91.8 cm³/mol. The number of thiophene rings is 1. The average molecular weight is 347 g/mol. The lowest BCUT2D eigenvalue weighted by Crippen LogP contribution is -2.51. The van der Waals surface area contributed by atoms with Crippen LogP contribution in [0.4, 0.5) is 10.1 Å². The minimum absolute atomic E-state index is 0.0174. The molecular weight excluding hydrogens is 329 g/mol. The van der Waals surface area contributed by atoms with Crippen LogP contribution in [0.15, 0.2) is 41.8 Å². The van der Waals surface area contributed by atoms with Crippen molar-refractivity contribution in [3.05, 3.63) is 52.5 Å². The Morgan fingerprint density at radius 2 is 1.83 bits per heavy atom. The van der Waals surface area contributed by atoms with Crippen LogP contribution in [0.25, 0.3) is 0 Å². The SMILES string of the molecule is O=C(NCC(=O)N1CCN(c2ccccc2F)CC1)c1cccs1. The molecule has 0 spiro atoms. The summed E-state index contributed by atoms with van der Waals surface area (Å²) in [7, 11) is 0. The lowest BCUT2D eigenvalue weighted by molar-refractivity contribution is -0.130. The van der Waals surface area contributed by atoms with Gasteiger partial charge in [0.25, 0.3) is 5.91 Å². The van der Waals surface area contributed by atoms with Crippen molar-refractivity contribution in [2.24, 2.45) is 0 Å². The Hall–Kier alpha value is -2.41. The number of nitrogens with zero attached hydrogens (tertiary/aromatic N) is 2. The van der Waals surface area contributed by atoms with Crippen LogP contribution in [0.1, 0.15) is 9.67 Å². The molecule has 0 unspecified atom stereocenters. The van der Waals surface area contributed by atoms with E-state index in [-0.39, 0.29) is 24.2 Å². The molecule has 5 nitrogen and oxygen atoms in total. The summed E-state index contributed by atoms with van der Waals surface area (Å²) in [6.07, 6.45) is 0. The number of rotatable bonds is 4. The van der Waals surface area contributed by atoms with Crippen molar-refractivity contribution in [3.63, 3.8) is 0 Å². The first-order valence-electron chi connectivity index (χ1n) is 7.74. The van der Waals surface area contributed by atoms with E-state index in [0.717, 1.165) is 0 Å². The molecule has 1 aliphatic heterocycles. The molecule has 24 heavy (non-hydrogen) atoms. The summed E-state index contributed by atoms with van der Waals surface area (Å²) in [5, 5.41) is 4.46. The predicted octanol–water partition coefficient (Wildman–Crippen LogP) is 1.97. The number of carbonyl (C=O) groups is 2. The summed E-state index contributed by atoms with van der Waals surface area (Å²) in [4.78, 5) is 28.3. The van der Waals surface area contributed by atoms with Gasteiger partial charge in [-0.1, -0.05) is 18.2 Å². The zero-order valence-corrected chi connectivity index (χ0v) is 13.9. The Morgan fingerprint density at radius 3 is 2.50 bits per heavy atom. The van der Waals surface area contributed by atoms with Crippen molar-refractivity contribution in [1.29, 1.82) is 0 Å². The zero-order chi connectivity index (χ0) is 16.9. The summed E-state index contributed by atoms with van der Waals surface area (Å²) >= 11 is 1.34. The molecular formula is C17H18FN3O2S. The molecule has 2 amide bonds. The largest absolute Gasteiger partial charge is 0.366 e. The van der Waals surface area contributed by atoms with Gasteiger partial charge < -0.3 is 15.1 Å². The van der Waals surface area contributed by atoms with E-state index in [1.54, 1.807) is 35.2 Å². The Balaban J connectivity index is 1.48. The van der Waals surface area contributed by atoms with Crippen LogP contribution in [0.2, 0.25) is 0 Å². The molecule has 2 heterocycles. The number of hydrogen-bond acceptors (Lipinski definition) is 4. The number of hydrogen-bond donors (Lipinski definition) is 1. The highest BCUT2D eigenvalue weighted by molar-refractivity contribution is 7.12. The van der Waals surface area contributed by atoms with Crippen molar-refractivity contribution in [2.75, 3.05) is 37.6 Å². The van der Waals surface area contributed by atoms with Crippen LogP contribution in [-0.2, 0) is 4.79 Å². The molecule has 0 bridgehead atoms. The van der Waals surface area contributed by atoms with Crippen LogP contribution < -0.4 is 10.2 Å². The molecule has 1 aromatic heterocycles. The maximum absolute atomic E-state index is 13.8.